The Morgan fingerprint density at radius 1 is 1.00 bits per heavy atom. The van der Waals surface area contributed by atoms with E-state index < -0.39 is 23.8 Å². The average Bonchev–Trinajstić information content (AvgIpc) is 3.09. The highest BCUT2D eigenvalue weighted by Gasteiger charge is 2.38. The van der Waals surface area contributed by atoms with Crippen LogP contribution in [0.5, 0.6) is 0 Å². The van der Waals surface area contributed by atoms with Gasteiger partial charge in [0.2, 0.25) is 0 Å². The van der Waals surface area contributed by atoms with Gasteiger partial charge in [0.05, 0.1) is 11.3 Å². The minimum Gasteiger partial charge on any atom is -0.480 e. The van der Waals surface area contributed by atoms with E-state index in [0.29, 0.717) is 11.3 Å². The van der Waals surface area contributed by atoms with Gasteiger partial charge < -0.3 is 15.3 Å². The van der Waals surface area contributed by atoms with E-state index in [0.717, 1.165) is 22.8 Å². The van der Waals surface area contributed by atoms with Crippen molar-refractivity contribution in [3.63, 3.8) is 0 Å². The van der Waals surface area contributed by atoms with Crippen molar-refractivity contribution in [2.24, 2.45) is 5.92 Å². The Labute approximate surface area is 194 Å². The van der Waals surface area contributed by atoms with Gasteiger partial charge >= 0.3 is 12.1 Å². The van der Waals surface area contributed by atoms with E-state index in [2.05, 4.69) is 5.32 Å². The van der Waals surface area contributed by atoms with Gasteiger partial charge in [-0.1, -0.05) is 50.2 Å². The number of halogens is 3. The maximum atomic E-state index is 13.2. The van der Waals surface area contributed by atoms with E-state index in [1.807, 2.05) is 12.1 Å². The van der Waals surface area contributed by atoms with E-state index >= 15 is 0 Å². The molecule has 1 heterocycles. The number of nitrogens with zero attached hydrogens (tertiary/aromatic N) is 1. The van der Waals surface area contributed by atoms with E-state index in [9.17, 15) is 27.9 Å². The number of carbonyl (C=O) groups excluding carboxylic acids is 1. The number of anilines is 2. The molecule has 3 aromatic rings. The Morgan fingerprint density at radius 2 is 1.65 bits per heavy atom. The lowest BCUT2D eigenvalue weighted by atomic mass is 10.00. The largest absolute Gasteiger partial charge is 0.480 e. The molecule has 8 heteroatoms. The molecular formula is C26H23F3N2O3. The maximum Gasteiger partial charge on any atom is 0.418 e. The number of hydrogen-bond acceptors (Lipinski definition) is 3. The summed E-state index contributed by atoms with van der Waals surface area (Å²) in [5, 5.41) is 12.4. The fraction of sp³-hybridized carbons (Fsp3) is 0.231. The topological polar surface area (TPSA) is 69.6 Å². The highest BCUT2D eigenvalue weighted by molar-refractivity contribution is 6.01. The summed E-state index contributed by atoms with van der Waals surface area (Å²) in [4.78, 5) is 26.0. The Balaban J connectivity index is 1.56. The van der Waals surface area contributed by atoms with E-state index in [1.54, 1.807) is 44.2 Å². The van der Waals surface area contributed by atoms with Gasteiger partial charge in [0.25, 0.3) is 5.91 Å². The van der Waals surface area contributed by atoms with Crippen LogP contribution in [-0.4, -0.2) is 27.9 Å². The molecule has 1 aliphatic rings. The minimum absolute atomic E-state index is 0.0379. The van der Waals surface area contributed by atoms with Gasteiger partial charge in [0.15, 0.2) is 0 Å². The summed E-state index contributed by atoms with van der Waals surface area (Å²) in [6, 6.07) is 16.6. The molecule has 1 atom stereocenters. The quantitative estimate of drug-likeness (QED) is 0.453. The second kappa shape index (κ2) is 8.85. The van der Waals surface area contributed by atoms with Crippen LogP contribution < -0.4 is 5.32 Å². The Kier molecular flexibility index (Phi) is 6.08. The van der Waals surface area contributed by atoms with Crippen molar-refractivity contribution in [3.8, 4) is 11.1 Å². The van der Waals surface area contributed by atoms with Crippen LogP contribution in [0, 0.1) is 5.92 Å². The number of carbonyl (C=O) groups is 2. The molecular weight excluding hydrogens is 445 g/mol. The molecule has 1 amide bonds. The molecule has 0 saturated carbocycles. The summed E-state index contributed by atoms with van der Waals surface area (Å²) < 4.78 is 39.7. The first kappa shape index (κ1) is 23.4. The number of para-hydroxylation sites is 1. The van der Waals surface area contributed by atoms with Crippen LogP contribution in [0.25, 0.3) is 11.1 Å². The van der Waals surface area contributed by atoms with Crippen molar-refractivity contribution in [1.29, 1.82) is 0 Å². The van der Waals surface area contributed by atoms with E-state index in [4.69, 9.17) is 0 Å². The first-order valence-corrected chi connectivity index (χ1v) is 10.8. The van der Waals surface area contributed by atoms with Gasteiger partial charge in [0.1, 0.15) is 6.04 Å². The van der Waals surface area contributed by atoms with Crippen molar-refractivity contribution in [2.45, 2.75) is 32.6 Å². The number of rotatable bonds is 6. The molecule has 0 saturated heterocycles. The van der Waals surface area contributed by atoms with Crippen molar-refractivity contribution in [1.82, 2.24) is 4.90 Å². The fourth-order valence-corrected chi connectivity index (χ4v) is 4.25. The third-order valence-electron chi connectivity index (χ3n) is 5.89. The molecule has 4 rings (SSSR count). The molecule has 0 bridgehead atoms. The highest BCUT2D eigenvalue weighted by Crippen LogP contribution is 2.36. The molecule has 3 aromatic carbocycles. The molecule has 176 valence electrons. The molecule has 0 aliphatic carbocycles. The van der Waals surface area contributed by atoms with Crippen molar-refractivity contribution >= 4 is 23.3 Å². The molecule has 0 spiro atoms. The zero-order valence-electron chi connectivity index (χ0n) is 18.6. The second-order valence-electron chi connectivity index (χ2n) is 8.58. The normalized spacial score (nSPS) is 14.3. The minimum atomic E-state index is -4.47. The van der Waals surface area contributed by atoms with Crippen LogP contribution in [0.1, 0.15) is 35.3 Å². The summed E-state index contributed by atoms with van der Waals surface area (Å²) in [7, 11) is 0. The third-order valence-corrected chi connectivity index (χ3v) is 5.89. The van der Waals surface area contributed by atoms with Crippen molar-refractivity contribution in [3.05, 3.63) is 83.4 Å². The van der Waals surface area contributed by atoms with Gasteiger partial charge in [-0.05, 0) is 52.9 Å². The lowest BCUT2D eigenvalue weighted by Gasteiger charge is -2.27. The molecule has 5 nitrogen and oxygen atoms in total. The van der Waals surface area contributed by atoms with Crippen LogP contribution in [0.4, 0.5) is 24.5 Å². The molecule has 1 aliphatic heterocycles. The Bertz CT molecular complexity index is 1240. The average molecular weight is 468 g/mol. The zero-order valence-corrected chi connectivity index (χ0v) is 18.6. The van der Waals surface area contributed by atoms with E-state index in [-0.39, 0.29) is 24.1 Å². The van der Waals surface area contributed by atoms with Crippen LogP contribution in [-0.2, 0) is 17.5 Å². The predicted molar refractivity (Wildman–Crippen MR) is 123 cm³/mol. The van der Waals surface area contributed by atoms with E-state index in [1.165, 1.54) is 23.1 Å². The Morgan fingerprint density at radius 3 is 2.26 bits per heavy atom. The summed E-state index contributed by atoms with van der Waals surface area (Å²) in [5.74, 6) is -1.59. The van der Waals surface area contributed by atoms with Gasteiger partial charge in [-0.25, -0.2) is 4.79 Å². The summed E-state index contributed by atoms with van der Waals surface area (Å²) in [5.41, 5.74) is 2.47. The Hall–Kier alpha value is -3.81. The standard InChI is InChI=1S/C26H23F3N2O3/c1-15(2)23(25(33)34)31-14-18-8-7-17(13-20(18)24(31)32)16-9-11-19(12-10-16)30-22-6-4-3-5-21(22)26(27,28)29/h3-13,15,23,30H,14H2,1-2H3,(H,33,34)/t23-/m0/s1. The first-order chi connectivity index (χ1) is 16.1. The number of carboxylic acid groups (broad SMARTS) is 1. The maximum absolute atomic E-state index is 13.2. The second-order valence-corrected chi connectivity index (χ2v) is 8.58. The molecule has 0 unspecified atom stereocenters. The first-order valence-electron chi connectivity index (χ1n) is 10.8. The number of alkyl halides is 3. The van der Waals surface area contributed by atoms with Gasteiger partial charge in [-0.3, -0.25) is 4.79 Å². The molecule has 0 radical (unpaired) electrons. The molecule has 0 aromatic heterocycles. The third kappa shape index (κ3) is 4.48. The van der Waals surface area contributed by atoms with Gasteiger partial charge in [-0.2, -0.15) is 13.2 Å². The molecule has 34 heavy (non-hydrogen) atoms. The number of benzene rings is 3. The number of fused-ring (bicyclic) bond motifs is 1. The number of aliphatic carboxylic acids is 1. The number of nitrogens with one attached hydrogen (secondary N) is 1. The van der Waals surface area contributed by atoms with Crippen LogP contribution in [0.2, 0.25) is 0 Å². The zero-order chi connectivity index (χ0) is 24.6. The number of carboxylic acids is 1. The van der Waals surface area contributed by atoms with Gasteiger partial charge in [0, 0.05) is 17.8 Å². The van der Waals surface area contributed by atoms with Crippen molar-refractivity contribution in [2.75, 3.05) is 5.32 Å². The van der Waals surface area contributed by atoms with Gasteiger partial charge in [-0.15, -0.1) is 0 Å². The van der Waals surface area contributed by atoms with Crippen molar-refractivity contribution < 1.29 is 27.9 Å². The summed E-state index contributed by atoms with van der Waals surface area (Å²) in [6.07, 6.45) is -4.47. The smallest absolute Gasteiger partial charge is 0.418 e. The lowest BCUT2D eigenvalue weighted by Crippen LogP contribution is -2.44. The summed E-state index contributed by atoms with van der Waals surface area (Å²) >= 11 is 0. The molecule has 2 N–H and O–H groups in total. The number of hydrogen-bond donors (Lipinski definition) is 2. The lowest BCUT2D eigenvalue weighted by molar-refractivity contribution is -0.144. The van der Waals surface area contributed by atoms with Crippen LogP contribution in [0.3, 0.4) is 0 Å². The predicted octanol–water partition coefficient (Wildman–Crippen LogP) is 6.18. The molecule has 0 fully saturated rings. The summed E-state index contributed by atoms with van der Waals surface area (Å²) in [6.45, 7) is 3.78. The highest BCUT2D eigenvalue weighted by atomic mass is 19.4. The fourth-order valence-electron chi connectivity index (χ4n) is 4.25. The number of amides is 1. The monoisotopic (exact) mass is 468 g/mol. The SMILES string of the molecule is CC(C)[C@@H](C(=O)O)N1Cc2ccc(-c3ccc(Nc4ccccc4C(F)(F)F)cc3)cc2C1=O. The van der Waals surface area contributed by atoms with Crippen LogP contribution >= 0.6 is 0 Å². The van der Waals surface area contributed by atoms with Crippen LogP contribution in [0.15, 0.2) is 66.7 Å².